The number of esters is 1. The predicted molar refractivity (Wildman–Crippen MR) is 87.4 cm³/mol. The summed E-state index contributed by atoms with van der Waals surface area (Å²) >= 11 is 1.98. The molecule has 4 heteroatoms. The Morgan fingerprint density at radius 3 is 2.67 bits per heavy atom. The van der Waals surface area contributed by atoms with Gasteiger partial charge in [-0.05, 0) is 48.9 Å². The number of aliphatic hydroxyl groups excluding tert-OH is 1. The van der Waals surface area contributed by atoms with Crippen LogP contribution in [-0.4, -0.2) is 35.3 Å². The molecular weight excluding hydrogens is 284 g/mol. The second-order valence-electron chi connectivity index (χ2n) is 7.37. The summed E-state index contributed by atoms with van der Waals surface area (Å²) in [4.78, 5) is 11.6. The second-order valence-corrected chi connectivity index (χ2v) is 8.68. The maximum absolute atomic E-state index is 11.6. The number of carbonyl (C=O) groups is 1. The fraction of sp³-hybridized carbons (Fsp3) is 0.941. The van der Waals surface area contributed by atoms with Gasteiger partial charge in [-0.15, -0.1) is 0 Å². The normalized spacial score (nSPS) is 33.3. The zero-order chi connectivity index (χ0) is 15.5. The molecule has 122 valence electrons. The molecule has 0 aromatic carbocycles. The van der Waals surface area contributed by atoms with Gasteiger partial charge in [-0.3, -0.25) is 4.79 Å². The van der Waals surface area contributed by atoms with E-state index in [0.717, 1.165) is 18.1 Å². The highest BCUT2D eigenvalue weighted by atomic mass is 32.2. The third kappa shape index (κ3) is 3.42. The molecule has 2 aliphatic carbocycles. The van der Waals surface area contributed by atoms with Crippen molar-refractivity contribution < 1.29 is 14.6 Å². The van der Waals surface area contributed by atoms with Gasteiger partial charge in [0, 0.05) is 17.6 Å². The van der Waals surface area contributed by atoms with E-state index in [-0.39, 0.29) is 12.6 Å². The summed E-state index contributed by atoms with van der Waals surface area (Å²) in [5.41, 5.74) is 0.892. The van der Waals surface area contributed by atoms with E-state index in [1.165, 1.54) is 19.3 Å². The van der Waals surface area contributed by atoms with Gasteiger partial charge in [0.2, 0.25) is 0 Å². The topological polar surface area (TPSA) is 46.5 Å². The van der Waals surface area contributed by atoms with Crippen LogP contribution in [0.25, 0.3) is 0 Å². The molecule has 2 fully saturated rings. The highest BCUT2D eigenvalue weighted by Crippen LogP contribution is 2.68. The number of fused-ring (bicyclic) bond motifs is 2. The summed E-state index contributed by atoms with van der Waals surface area (Å²) in [6.07, 6.45) is 6.02. The third-order valence-corrected chi connectivity index (χ3v) is 7.71. The fourth-order valence-corrected chi connectivity index (χ4v) is 5.87. The Morgan fingerprint density at radius 1 is 1.33 bits per heavy atom. The molecular formula is C17H30O3S. The fourth-order valence-electron chi connectivity index (χ4n) is 4.14. The number of carbonyl (C=O) groups excluding carboxylic acids is 1. The molecule has 21 heavy (non-hydrogen) atoms. The van der Waals surface area contributed by atoms with Crippen molar-refractivity contribution >= 4 is 17.7 Å². The Balaban J connectivity index is 1.67. The van der Waals surface area contributed by atoms with Crippen LogP contribution in [0, 0.1) is 16.7 Å². The molecule has 3 nitrogen and oxygen atoms in total. The zero-order valence-corrected chi connectivity index (χ0v) is 14.5. The van der Waals surface area contributed by atoms with E-state index in [1.54, 1.807) is 0 Å². The minimum Gasteiger partial charge on any atom is -0.466 e. The number of thioether (sulfide) groups is 1. The number of hydrogen-bond acceptors (Lipinski definition) is 4. The molecule has 0 aromatic rings. The van der Waals surface area contributed by atoms with Crippen LogP contribution in [0.15, 0.2) is 0 Å². The van der Waals surface area contributed by atoms with Gasteiger partial charge >= 0.3 is 5.97 Å². The predicted octanol–water partition coefficient (Wildman–Crippen LogP) is 3.64. The van der Waals surface area contributed by atoms with Crippen molar-refractivity contribution in [2.24, 2.45) is 16.7 Å². The van der Waals surface area contributed by atoms with Crippen molar-refractivity contribution in [3.05, 3.63) is 0 Å². The van der Waals surface area contributed by atoms with Crippen LogP contribution in [-0.2, 0) is 9.53 Å². The number of unbranched alkanes of at least 4 members (excludes halogenated alkanes) is 1. The van der Waals surface area contributed by atoms with Crippen molar-refractivity contribution in [1.29, 1.82) is 0 Å². The molecule has 1 N–H and O–H groups in total. The molecule has 0 aromatic heterocycles. The lowest BCUT2D eigenvalue weighted by Gasteiger charge is -2.39. The highest BCUT2D eigenvalue weighted by molar-refractivity contribution is 7.99. The number of hydrogen-bond donors (Lipinski definition) is 1. The third-order valence-electron chi connectivity index (χ3n) is 6.15. The lowest BCUT2D eigenvalue weighted by Crippen LogP contribution is -2.34. The van der Waals surface area contributed by atoms with E-state index in [1.807, 2.05) is 11.8 Å². The van der Waals surface area contributed by atoms with Crippen LogP contribution >= 0.6 is 11.8 Å². The first kappa shape index (κ1) is 17.1. The first-order valence-electron chi connectivity index (χ1n) is 8.30. The first-order chi connectivity index (χ1) is 9.91. The standard InChI is InChI=1S/C17H30O3S/c1-16(2)13-6-8-17(16,3)14(12-13)21-11-7-15(19)20-10-5-4-9-18/h13-14,18H,4-12H2,1-3H3. The van der Waals surface area contributed by atoms with Crippen molar-refractivity contribution in [3.8, 4) is 0 Å². The Hall–Kier alpha value is -0.220. The van der Waals surface area contributed by atoms with Crippen LogP contribution < -0.4 is 0 Å². The Bertz CT molecular complexity index is 369. The molecule has 2 aliphatic rings. The highest BCUT2D eigenvalue weighted by Gasteiger charge is 2.61. The van der Waals surface area contributed by atoms with Gasteiger partial charge in [-0.1, -0.05) is 20.8 Å². The smallest absolute Gasteiger partial charge is 0.306 e. The van der Waals surface area contributed by atoms with E-state index in [2.05, 4.69) is 20.8 Å². The molecule has 0 radical (unpaired) electrons. The molecule has 3 atom stereocenters. The SMILES string of the molecule is CC1(C)C2CCC1(C)C(SCCC(=O)OCCCCO)C2. The van der Waals surface area contributed by atoms with Gasteiger partial charge in [0.15, 0.2) is 0 Å². The Morgan fingerprint density at radius 2 is 2.10 bits per heavy atom. The first-order valence-corrected chi connectivity index (χ1v) is 9.35. The van der Waals surface area contributed by atoms with Gasteiger partial charge < -0.3 is 9.84 Å². The minimum atomic E-state index is -0.0898. The molecule has 2 bridgehead atoms. The van der Waals surface area contributed by atoms with Crippen LogP contribution in [0.5, 0.6) is 0 Å². The molecule has 0 saturated heterocycles. The second kappa shape index (κ2) is 6.91. The minimum absolute atomic E-state index is 0.0898. The summed E-state index contributed by atoms with van der Waals surface area (Å²) in [6, 6.07) is 0. The van der Waals surface area contributed by atoms with E-state index < -0.39 is 0 Å². The van der Waals surface area contributed by atoms with E-state index in [4.69, 9.17) is 9.84 Å². The molecule has 2 saturated carbocycles. The number of aliphatic hydroxyl groups is 1. The molecule has 2 rings (SSSR count). The summed E-state index contributed by atoms with van der Waals surface area (Å²) in [6.45, 7) is 7.93. The quantitative estimate of drug-likeness (QED) is 0.549. The molecule has 3 unspecified atom stereocenters. The Kier molecular flexibility index (Phi) is 5.64. The summed E-state index contributed by atoms with van der Waals surface area (Å²) in [5.74, 6) is 1.65. The lowest BCUT2D eigenvalue weighted by molar-refractivity contribution is -0.143. The van der Waals surface area contributed by atoms with E-state index >= 15 is 0 Å². The van der Waals surface area contributed by atoms with Gasteiger partial charge in [0.1, 0.15) is 0 Å². The van der Waals surface area contributed by atoms with Crippen molar-refractivity contribution in [3.63, 3.8) is 0 Å². The average molecular weight is 314 g/mol. The lowest BCUT2D eigenvalue weighted by atomic mass is 9.71. The van der Waals surface area contributed by atoms with Gasteiger partial charge in [-0.2, -0.15) is 11.8 Å². The van der Waals surface area contributed by atoms with Gasteiger partial charge in [0.05, 0.1) is 13.0 Å². The van der Waals surface area contributed by atoms with Gasteiger partial charge in [-0.25, -0.2) is 0 Å². The van der Waals surface area contributed by atoms with Crippen molar-refractivity contribution in [1.82, 2.24) is 0 Å². The monoisotopic (exact) mass is 314 g/mol. The zero-order valence-electron chi connectivity index (χ0n) is 13.7. The maximum Gasteiger partial charge on any atom is 0.306 e. The largest absolute Gasteiger partial charge is 0.466 e. The van der Waals surface area contributed by atoms with Crippen LogP contribution in [0.2, 0.25) is 0 Å². The average Bonchev–Trinajstić information content (AvgIpc) is 2.77. The summed E-state index contributed by atoms with van der Waals surface area (Å²) < 4.78 is 5.17. The summed E-state index contributed by atoms with van der Waals surface area (Å²) in [7, 11) is 0. The van der Waals surface area contributed by atoms with Crippen LogP contribution in [0.3, 0.4) is 0 Å². The van der Waals surface area contributed by atoms with Crippen LogP contribution in [0.4, 0.5) is 0 Å². The maximum atomic E-state index is 11.6. The van der Waals surface area contributed by atoms with E-state index in [9.17, 15) is 4.79 Å². The molecule has 0 spiro atoms. The molecule has 0 aliphatic heterocycles. The Labute approximate surface area is 133 Å². The molecule has 0 heterocycles. The van der Waals surface area contributed by atoms with Gasteiger partial charge in [0.25, 0.3) is 0 Å². The summed E-state index contributed by atoms with van der Waals surface area (Å²) in [5, 5.41) is 9.37. The van der Waals surface area contributed by atoms with Crippen molar-refractivity contribution in [2.45, 2.75) is 64.5 Å². The number of ether oxygens (including phenoxy) is 1. The van der Waals surface area contributed by atoms with E-state index in [0.29, 0.717) is 35.5 Å². The van der Waals surface area contributed by atoms with Crippen molar-refractivity contribution in [2.75, 3.05) is 19.0 Å². The van der Waals surface area contributed by atoms with Crippen LogP contribution in [0.1, 0.15) is 59.3 Å². The molecule has 0 amide bonds. The number of rotatable bonds is 8.